The van der Waals surface area contributed by atoms with Crippen molar-refractivity contribution in [2.45, 2.75) is 19.6 Å². The van der Waals surface area contributed by atoms with Gasteiger partial charge in [0.1, 0.15) is 18.2 Å². The molecule has 0 amide bonds. The summed E-state index contributed by atoms with van der Waals surface area (Å²) in [5.41, 5.74) is 2.00. The highest BCUT2D eigenvalue weighted by molar-refractivity contribution is 5.50. The maximum atomic E-state index is 9.90. The molecule has 4 heteroatoms. The lowest BCUT2D eigenvalue weighted by molar-refractivity contribution is 0.199. The van der Waals surface area contributed by atoms with Gasteiger partial charge in [0.2, 0.25) is 0 Å². The fraction of sp³-hybridized carbons (Fsp3) is 0.312. The molecule has 1 atom stereocenters. The van der Waals surface area contributed by atoms with Crippen molar-refractivity contribution in [3.8, 4) is 5.75 Å². The van der Waals surface area contributed by atoms with Crippen molar-refractivity contribution >= 4 is 5.82 Å². The van der Waals surface area contributed by atoms with Crippen LogP contribution in [0, 0.1) is 0 Å². The van der Waals surface area contributed by atoms with E-state index in [1.54, 1.807) is 13.1 Å². The molecule has 1 aromatic heterocycles. The predicted molar refractivity (Wildman–Crippen MR) is 77.9 cm³/mol. The van der Waals surface area contributed by atoms with Gasteiger partial charge in [0.15, 0.2) is 0 Å². The molecule has 2 heterocycles. The molecule has 0 saturated heterocycles. The second-order valence-electron chi connectivity index (χ2n) is 4.97. The van der Waals surface area contributed by atoms with E-state index in [-0.39, 0.29) is 0 Å². The van der Waals surface area contributed by atoms with E-state index in [2.05, 4.69) is 16.0 Å². The standard InChI is InChI=1S/C16H18N2O2/c1-12(19)14-6-4-8-17-16(14)18-9-10-20-15-7-3-2-5-13(15)11-18/h2-8,12,19H,9-11H2,1H3. The van der Waals surface area contributed by atoms with Crippen LogP contribution in [0.15, 0.2) is 42.6 Å². The van der Waals surface area contributed by atoms with Gasteiger partial charge in [0.25, 0.3) is 0 Å². The Labute approximate surface area is 118 Å². The molecule has 0 spiro atoms. The summed E-state index contributed by atoms with van der Waals surface area (Å²) in [6.07, 6.45) is 1.23. The minimum atomic E-state index is -0.530. The smallest absolute Gasteiger partial charge is 0.134 e. The molecule has 20 heavy (non-hydrogen) atoms. The van der Waals surface area contributed by atoms with E-state index in [0.717, 1.165) is 35.8 Å². The zero-order valence-corrected chi connectivity index (χ0v) is 11.5. The van der Waals surface area contributed by atoms with Gasteiger partial charge in [-0.3, -0.25) is 0 Å². The predicted octanol–water partition coefficient (Wildman–Crippen LogP) is 2.53. The molecule has 0 bridgehead atoms. The summed E-state index contributed by atoms with van der Waals surface area (Å²) in [6, 6.07) is 11.8. The Morgan fingerprint density at radius 2 is 2.10 bits per heavy atom. The molecule has 0 fully saturated rings. The lowest BCUT2D eigenvalue weighted by Gasteiger charge is -2.24. The van der Waals surface area contributed by atoms with Crippen molar-refractivity contribution < 1.29 is 9.84 Å². The molecule has 0 aliphatic carbocycles. The first kappa shape index (κ1) is 12.9. The molecular formula is C16H18N2O2. The number of para-hydroxylation sites is 1. The molecule has 0 saturated carbocycles. The average molecular weight is 270 g/mol. The Kier molecular flexibility index (Phi) is 3.56. The minimum absolute atomic E-state index is 0.530. The fourth-order valence-electron chi connectivity index (χ4n) is 2.51. The molecule has 1 aromatic carbocycles. The number of ether oxygens (including phenoxy) is 1. The van der Waals surface area contributed by atoms with Gasteiger partial charge in [-0.2, -0.15) is 0 Å². The molecule has 2 aromatic rings. The highest BCUT2D eigenvalue weighted by Crippen LogP contribution is 2.29. The number of benzene rings is 1. The number of hydrogen-bond donors (Lipinski definition) is 1. The monoisotopic (exact) mass is 270 g/mol. The number of pyridine rings is 1. The molecule has 1 N–H and O–H groups in total. The maximum absolute atomic E-state index is 9.90. The van der Waals surface area contributed by atoms with Crippen LogP contribution >= 0.6 is 0 Å². The third-order valence-electron chi connectivity index (χ3n) is 3.52. The Bertz CT molecular complexity index is 599. The lowest BCUT2D eigenvalue weighted by Crippen LogP contribution is -2.27. The Morgan fingerprint density at radius 3 is 2.95 bits per heavy atom. The number of hydrogen-bond acceptors (Lipinski definition) is 4. The summed E-state index contributed by atoms with van der Waals surface area (Å²) in [4.78, 5) is 6.61. The number of aromatic nitrogens is 1. The van der Waals surface area contributed by atoms with Gasteiger partial charge >= 0.3 is 0 Å². The molecule has 3 rings (SSSR count). The first-order valence-corrected chi connectivity index (χ1v) is 6.84. The van der Waals surface area contributed by atoms with Crippen LogP contribution in [0.5, 0.6) is 5.75 Å². The molecule has 4 nitrogen and oxygen atoms in total. The Hall–Kier alpha value is -2.07. The summed E-state index contributed by atoms with van der Waals surface area (Å²) < 4.78 is 5.77. The van der Waals surface area contributed by atoms with Crippen LogP contribution in [0.3, 0.4) is 0 Å². The second kappa shape index (κ2) is 5.51. The van der Waals surface area contributed by atoms with E-state index in [1.807, 2.05) is 30.3 Å². The van der Waals surface area contributed by atoms with E-state index in [0.29, 0.717) is 6.61 Å². The number of anilines is 1. The third-order valence-corrected chi connectivity index (χ3v) is 3.52. The summed E-state index contributed by atoms with van der Waals surface area (Å²) in [5, 5.41) is 9.90. The van der Waals surface area contributed by atoms with Crippen LogP contribution in [0.2, 0.25) is 0 Å². The lowest BCUT2D eigenvalue weighted by atomic mass is 10.1. The SMILES string of the molecule is CC(O)c1cccnc1N1CCOc2ccccc2C1. The topological polar surface area (TPSA) is 45.6 Å². The van der Waals surface area contributed by atoms with Gasteiger partial charge in [0.05, 0.1) is 12.6 Å². The normalized spacial score (nSPS) is 16.0. The van der Waals surface area contributed by atoms with Crippen LogP contribution in [0.25, 0.3) is 0 Å². The minimum Gasteiger partial charge on any atom is -0.491 e. The van der Waals surface area contributed by atoms with Crippen molar-refractivity contribution in [3.63, 3.8) is 0 Å². The highest BCUT2D eigenvalue weighted by atomic mass is 16.5. The van der Waals surface area contributed by atoms with Gasteiger partial charge in [0, 0.05) is 23.9 Å². The first-order chi connectivity index (χ1) is 9.75. The number of rotatable bonds is 2. The van der Waals surface area contributed by atoms with Gasteiger partial charge in [-0.15, -0.1) is 0 Å². The van der Waals surface area contributed by atoms with Crippen molar-refractivity contribution in [2.24, 2.45) is 0 Å². The molecule has 104 valence electrons. The summed E-state index contributed by atoms with van der Waals surface area (Å²) in [5.74, 6) is 1.77. The Balaban J connectivity index is 1.96. The van der Waals surface area contributed by atoms with E-state index in [4.69, 9.17) is 4.74 Å². The van der Waals surface area contributed by atoms with Crippen molar-refractivity contribution in [3.05, 3.63) is 53.7 Å². The van der Waals surface area contributed by atoms with E-state index in [9.17, 15) is 5.11 Å². The van der Waals surface area contributed by atoms with Crippen molar-refractivity contribution in [1.29, 1.82) is 0 Å². The number of aliphatic hydroxyl groups excluding tert-OH is 1. The van der Waals surface area contributed by atoms with Crippen molar-refractivity contribution in [2.75, 3.05) is 18.1 Å². The number of nitrogens with zero attached hydrogens (tertiary/aromatic N) is 2. The van der Waals surface area contributed by atoms with Gasteiger partial charge in [-0.05, 0) is 19.1 Å². The van der Waals surface area contributed by atoms with Gasteiger partial charge in [-0.1, -0.05) is 24.3 Å². The van der Waals surface area contributed by atoms with Crippen molar-refractivity contribution in [1.82, 2.24) is 4.98 Å². The molecule has 1 unspecified atom stereocenters. The fourth-order valence-corrected chi connectivity index (χ4v) is 2.51. The third kappa shape index (κ3) is 2.47. The average Bonchev–Trinajstić information content (AvgIpc) is 2.69. The van der Waals surface area contributed by atoms with E-state index >= 15 is 0 Å². The van der Waals surface area contributed by atoms with Crippen LogP contribution in [0.1, 0.15) is 24.2 Å². The van der Waals surface area contributed by atoms with Crippen LogP contribution < -0.4 is 9.64 Å². The van der Waals surface area contributed by atoms with E-state index in [1.165, 1.54) is 0 Å². The second-order valence-corrected chi connectivity index (χ2v) is 4.97. The molecule has 0 radical (unpaired) electrons. The molecule has 1 aliphatic rings. The first-order valence-electron chi connectivity index (χ1n) is 6.84. The summed E-state index contributed by atoms with van der Waals surface area (Å²) in [6.45, 7) is 3.88. The van der Waals surface area contributed by atoms with Crippen LogP contribution in [-0.2, 0) is 6.54 Å². The quantitative estimate of drug-likeness (QED) is 0.911. The summed E-state index contributed by atoms with van der Waals surface area (Å²) >= 11 is 0. The van der Waals surface area contributed by atoms with Gasteiger partial charge in [-0.25, -0.2) is 4.98 Å². The number of fused-ring (bicyclic) bond motifs is 1. The zero-order valence-electron chi connectivity index (χ0n) is 11.5. The largest absolute Gasteiger partial charge is 0.491 e. The molecule has 1 aliphatic heterocycles. The van der Waals surface area contributed by atoms with E-state index < -0.39 is 6.10 Å². The van der Waals surface area contributed by atoms with Gasteiger partial charge < -0.3 is 14.7 Å². The molecular weight excluding hydrogens is 252 g/mol. The van der Waals surface area contributed by atoms with Crippen LogP contribution in [0.4, 0.5) is 5.82 Å². The highest BCUT2D eigenvalue weighted by Gasteiger charge is 2.19. The zero-order chi connectivity index (χ0) is 13.9. The number of aliphatic hydroxyl groups is 1. The Morgan fingerprint density at radius 1 is 1.25 bits per heavy atom. The van der Waals surface area contributed by atoms with Crippen LogP contribution in [-0.4, -0.2) is 23.2 Å². The summed E-state index contributed by atoms with van der Waals surface area (Å²) in [7, 11) is 0. The maximum Gasteiger partial charge on any atom is 0.134 e.